The van der Waals surface area contributed by atoms with Crippen molar-refractivity contribution in [3.8, 4) is 6.07 Å². The monoisotopic (exact) mass is 223 g/mol. The van der Waals surface area contributed by atoms with Crippen LogP contribution >= 0.6 is 0 Å². The maximum absolute atomic E-state index is 9.08. The molecule has 16 heavy (non-hydrogen) atoms. The summed E-state index contributed by atoms with van der Waals surface area (Å²) in [6.07, 6.45) is 7.71. The highest BCUT2D eigenvalue weighted by Gasteiger charge is 2.22. The van der Waals surface area contributed by atoms with Gasteiger partial charge >= 0.3 is 0 Å². The summed E-state index contributed by atoms with van der Waals surface area (Å²) in [5.41, 5.74) is -0.359. The van der Waals surface area contributed by atoms with E-state index in [0.29, 0.717) is 0 Å². The highest BCUT2D eigenvalue weighted by Crippen LogP contribution is 2.13. The summed E-state index contributed by atoms with van der Waals surface area (Å²) in [6, 6.07) is 2.36. The maximum atomic E-state index is 9.08. The fourth-order valence-electron chi connectivity index (χ4n) is 2.16. The molecule has 1 atom stereocenters. The van der Waals surface area contributed by atoms with Crippen molar-refractivity contribution < 1.29 is 0 Å². The van der Waals surface area contributed by atoms with Crippen LogP contribution in [0.25, 0.3) is 0 Å². The van der Waals surface area contributed by atoms with E-state index in [1.165, 1.54) is 45.2 Å². The third-order valence-corrected chi connectivity index (χ3v) is 3.68. The molecule has 1 unspecified atom stereocenters. The van der Waals surface area contributed by atoms with Crippen LogP contribution in [-0.2, 0) is 0 Å². The summed E-state index contributed by atoms with van der Waals surface area (Å²) in [6.45, 7) is 5.46. The first kappa shape index (κ1) is 13.5. The summed E-state index contributed by atoms with van der Waals surface area (Å²) in [5, 5.41) is 12.2. The molecule has 0 aromatic rings. The third kappa shape index (κ3) is 4.51. The van der Waals surface area contributed by atoms with Gasteiger partial charge in [0.2, 0.25) is 0 Å². The van der Waals surface area contributed by atoms with Gasteiger partial charge in [0.25, 0.3) is 0 Å². The smallest absolute Gasteiger partial charge is 0.104 e. The van der Waals surface area contributed by atoms with Gasteiger partial charge in [-0.25, -0.2) is 0 Å². The summed E-state index contributed by atoms with van der Waals surface area (Å²) in [5.74, 6) is 0. The highest BCUT2D eigenvalue weighted by molar-refractivity contribution is 5.03. The van der Waals surface area contributed by atoms with Crippen molar-refractivity contribution in [2.24, 2.45) is 0 Å². The molecule has 0 amide bonds. The number of rotatable bonds is 4. The maximum Gasteiger partial charge on any atom is 0.104 e. The second kappa shape index (κ2) is 6.88. The summed E-state index contributed by atoms with van der Waals surface area (Å²) in [7, 11) is 1.87. The largest absolute Gasteiger partial charge is 0.303 e. The first-order chi connectivity index (χ1) is 7.70. The fraction of sp³-hybridized carbons (Fsp3) is 0.923. The number of nitriles is 1. The van der Waals surface area contributed by atoms with Gasteiger partial charge in [0.05, 0.1) is 6.07 Å². The van der Waals surface area contributed by atoms with Gasteiger partial charge in [0.15, 0.2) is 0 Å². The Hall–Kier alpha value is -0.590. The Morgan fingerprint density at radius 1 is 1.19 bits per heavy atom. The molecule has 0 aliphatic carbocycles. The van der Waals surface area contributed by atoms with Crippen molar-refractivity contribution in [3.05, 3.63) is 0 Å². The van der Waals surface area contributed by atoms with Crippen molar-refractivity contribution in [2.45, 2.75) is 51.0 Å². The first-order valence-corrected chi connectivity index (χ1v) is 6.53. The minimum absolute atomic E-state index is 0.359. The molecule has 0 saturated carbocycles. The van der Waals surface area contributed by atoms with Gasteiger partial charge < -0.3 is 10.2 Å². The zero-order valence-corrected chi connectivity index (χ0v) is 10.8. The number of nitrogens with zero attached hydrogens (tertiary/aromatic N) is 2. The second-order valence-electron chi connectivity index (χ2n) is 5.05. The number of hydrogen-bond acceptors (Lipinski definition) is 3. The van der Waals surface area contributed by atoms with E-state index in [1.807, 2.05) is 14.0 Å². The first-order valence-electron chi connectivity index (χ1n) is 6.53. The Bertz CT molecular complexity index is 226. The Morgan fingerprint density at radius 2 is 1.75 bits per heavy atom. The van der Waals surface area contributed by atoms with E-state index in [0.717, 1.165) is 13.0 Å². The van der Waals surface area contributed by atoms with Gasteiger partial charge in [-0.05, 0) is 46.3 Å². The van der Waals surface area contributed by atoms with E-state index in [1.54, 1.807) is 0 Å². The van der Waals surface area contributed by atoms with Gasteiger partial charge in [-0.1, -0.05) is 19.3 Å². The van der Waals surface area contributed by atoms with E-state index in [-0.39, 0.29) is 5.54 Å². The predicted molar refractivity (Wildman–Crippen MR) is 67.2 cm³/mol. The van der Waals surface area contributed by atoms with Gasteiger partial charge in [0.1, 0.15) is 5.54 Å². The molecule has 0 spiro atoms. The van der Waals surface area contributed by atoms with Crippen LogP contribution in [0, 0.1) is 11.3 Å². The number of hydrogen-bond donors (Lipinski definition) is 1. The summed E-state index contributed by atoms with van der Waals surface area (Å²) in [4.78, 5) is 2.52. The Kier molecular flexibility index (Phi) is 5.79. The molecule has 1 heterocycles. The van der Waals surface area contributed by atoms with Gasteiger partial charge in [-0.15, -0.1) is 0 Å². The molecule has 1 aliphatic heterocycles. The Balaban J connectivity index is 2.32. The van der Waals surface area contributed by atoms with Crippen molar-refractivity contribution >= 4 is 0 Å². The summed E-state index contributed by atoms with van der Waals surface area (Å²) >= 11 is 0. The van der Waals surface area contributed by atoms with Crippen LogP contribution in [0.4, 0.5) is 0 Å². The minimum Gasteiger partial charge on any atom is -0.303 e. The lowest BCUT2D eigenvalue weighted by molar-refractivity contribution is 0.227. The van der Waals surface area contributed by atoms with Crippen LogP contribution in [0.15, 0.2) is 0 Å². The molecule has 3 heteroatoms. The van der Waals surface area contributed by atoms with E-state index >= 15 is 0 Å². The predicted octanol–water partition coefficient (Wildman–Crippen LogP) is 2.14. The van der Waals surface area contributed by atoms with Crippen LogP contribution < -0.4 is 5.32 Å². The van der Waals surface area contributed by atoms with E-state index in [4.69, 9.17) is 5.26 Å². The minimum atomic E-state index is -0.359. The van der Waals surface area contributed by atoms with E-state index in [9.17, 15) is 0 Å². The molecule has 1 fully saturated rings. The molecule has 0 aromatic carbocycles. The van der Waals surface area contributed by atoms with Crippen LogP contribution in [-0.4, -0.2) is 37.1 Å². The zero-order chi connectivity index (χ0) is 11.9. The van der Waals surface area contributed by atoms with Gasteiger partial charge in [-0.3, -0.25) is 0 Å². The van der Waals surface area contributed by atoms with Crippen molar-refractivity contribution in [2.75, 3.05) is 26.7 Å². The van der Waals surface area contributed by atoms with Gasteiger partial charge in [0, 0.05) is 6.54 Å². The molecular weight excluding hydrogens is 198 g/mol. The van der Waals surface area contributed by atoms with Crippen LogP contribution in [0.5, 0.6) is 0 Å². The average Bonchev–Trinajstić information content (AvgIpc) is 2.27. The van der Waals surface area contributed by atoms with E-state index in [2.05, 4.69) is 16.3 Å². The second-order valence-corrected chi connectivity index (χ2v) is 5.05. The lowest BCUT2D eigenvalue weighted by Crippen LogP contribution is -2.42. The highest BCUT2D eigenvalue weighted by atomic mass is 15.1. The van der Waals surface area contributed by atoms with Gasteiger partial charge in [-0.2, -0.15) is 5.26 Å². The van der Waals surface area contributed by atoms with Crippen LogP contribution in [0.2, 0.25) is 0 Å². The zero-order valence-electron chi connectivity index (χ0n) is 10.8. The quantitative estimate of drug-likeness (QED) is 0.793. The van der Waals surface area contributed by atoms with Crippen molar-refractivity contribution in [3.63, 3.8) is 0 Å². The number of nitrogens with one attached hydrogen (secondary N) is 1. The lowest BCUT2D eigenvalue weighted by Gasteiger charge is -2.28. The molecule has 1 saturated heterocycles. The van der Waals surface area contributed by atoms with Crippen LogP contribution in [0.1, 0.15) is 45.4 Å². The Labute approximate surface area is 99.8 Å². The molecule has 3 nitrogen and oxygen atoms in total. The molecule has 0 aromatic heterocycles. The standard InChI is InChI=1S/C13H25N3/c1-13(12-14,15-2)8-11-16-9-6-4-3-5-7-10-16/h15H,3-11H2,1-2H3. The third-order valence-electron chi connectivity index (χ3n) is 3.68. The molecule has 0 radical (unpaired) electrons. The lowest BCUT2D eigenvalue weighted by atomic mass is 9.99. The molecule has 0 bridgehead atoms. The normalized spacial score (nSPS) is 22.8. The van der Waals surface area contributed by atoms with Crippen LogP contribution in [0.3, 0.4) is 0 Å². The SMILES string of the molecule is CNC(C)(C#N)CCN1CCCCCCC1. The summed E-state index contributed by atoms with van der Waals surface area (Å²) < 4.78 is 0. The average molecular weight is 223 g/mol. The van der Waals surface area contributed by atoms with Crippen molar-refractivity contribution in [1.29, 1.82) is 5.26 Å². The van der Waals surface area contributed by atoms with Crippen molar-refractivity contribution in [1.82, 2.24) is 10.2 Å². The molecular formula is C13H25N3. The molecule has 1 rings (SSSR count). The fourth-order valence-corrected chi connectivity index (χ4v) is 2.16. The molecule has 92 valence electrons. The van der Waals surface area contributed by atoms with E-state index < -0.39 is 0 Å². The Morgan fingerprint density at radius 3 is 2.25 bits per heavy atom. The number of likely N-dealkylation sites (tertiary alicyclic amines) is 1. The molecule has 1 aliphatic rings. The molecule has 1 N–H and O–H groups in total. The topological polar surface area (TPSA) is 39.1 Å².